The van der Waals surface area contributed by atoms with E-state index in [-0.39, 0.29) is 6.10 Å². The van der Waals surface area contributed by atoms with Crippen LogP contribution in [-0.2, 0) is 4.74 Å². The molecule has 3 nitrogen and oxygen atoms in total. The van der Waals surface area contributed by atoms with Gasteiger partial charge in [-0.2, -0.15) is 4.39 Å². The first-order valence-corrected chi connectivity index (χ1v) is 5.77. The number of aromatic nitrogens is 1. The number of ether oxygens (including phenoxy) is 1. The molecule has 0 saturated carbocycles. The molecule has 4 heteroatoms. The lowest BCUT2D eigenvalue weighted by Gasteiger charge is -2.34. The van der Waals surface area contributed by atoms with Crippen LogP contribution in [0.3, 0.4) is 0 Å². The molecule has 1 unspecified atom stereocenters. The fourth-order valence-corrected chi connectivity index (χ4v) is 2.13. The van der Waals surface area contributed by atoms with Crippen LogP contribution in [-0.4, -0.2) is 30.8 Å². The van der Waals surface area contributed by atoms with Crippen molar-refractivity contribution in [2.75, 3.05) is 24.6 Å². The maximum absolute atomic E-state index is 13.0. The number of hydrogen-bond donors (Lipinski definition) is 0. The average molecular weight is 224 g/mol. The lowest BCUT2D eigenvalue weighted by molar-refractivity contribution is 0.0526. The van der Waals surface area contributed by atoms with Crippen LogP contribution in [0.5, 0.6) is 0 Å². The van der Waals surface area contributed by atoms with E-state index in [0.717, 1.165) is 38.2 Å². The van der Waals surface area contributed by atoms with Crippen molar-refractivity contribution in [2.24, 2.45) is 0 Å². The second-order valence-electron chi connectivity index (χ2n) is 4.00. The van der Waals surface area contributed by atoms with Crippen molar-refractivity contribution in [2.45, 2.75) is 25.9 Å². The zero-order valence-corrected chi connectivity index (χ0v) is 9.53. The molecule has 1 atom stereocenters. The molecule has 88 valence electrons. The molecule has 2 rings (SSSR count). The van der Waals surface area contributed by atoms with Gasteiger partial charge in [0, 0.05) is 37.6 Å². The average Bonchev–Trinajstić information content (AvgIpc) is 2.30. The van der Waals surface area contributed by atoms with Crippen LogP contribution in [0.4, 0.5) is 10.1 Å². The third-order valence-corrected chi connectivity index (χ3v) is 2.86. The molecule has 1 aliphatic heterocycles. The van der Waals surface area contributed by atoms with Crippen molar-refractivity contribution in [3.63, 3.8) is 0 Å². The Morgan fingerprint density at radius 2 is 2.50 bits per heavy atom. The fourth-order valence-electron chi connectivity index (χ4n) is 2.13. The van der Waals surface area contributed by atoms with Gasteiger partial charge in [0.15, 0.2) is 0 Å². The Labute approximate surface area is 95.2 Å². The molecule has 1 saturated heterocycles. The standard InChI is InChI=1S/C12H17FN2O/c1-2-16-11-4-3-7-15(9-11)10-5-6-14-12(13)8-10/h5-6,8,11H,2-4,7,9H2,1H3. The Bertz CT molecular complexity index is 344. The minimum Gasteiger partial charge on any atom is -0.377 e. The highest BCUT2D eigenvalue weighted by molar-refractivity contribution is 5.45. The maximum atomic E-state index is 13.0. The van der Waals surface area contributed by atoms with Crippen molar-refractivity contribution in [3.05, 3.63) is 24.3 Å². The number of pyridine rings is 1. The smallest absolute Gasteiger partial charge is 0.214 e. The van der Waals surface area contributed by atoms with Crippen molar-refractivity contribution in [1.82, 2.24) is 4.98 Å². The minimum absolute atomic E-state index is 0.273. The summed E-state index contributed by atoms with van der Waals surface area (Å²) in [6.45, 7) is 4.55. The van der Waals surface area contributed by atoms with Crippen LogP contribution in [0.2, 0.25) is 0 Å². The molecular formula is C12H17FN2O. The highest BCUT2D eigenvalue weighted by Gasteiger charge is 2.20. The van der Waals surface area contributed by atoms with E-state index in [0.29, 0.717) is 0 Å². The topological polar surface area (TPSA) is 25.4 Å². The third kappa shape index (κ3) is 2.70. The fraction of sp³-hybridized carbons (Fsp3) is 0.583. The molecule has 16 heavy (non-hydrogen) atoms. The molecule has 2 heterocycles. The summed E-state index contributed by atoms with van der Waals surface area (Å²) in [6.07, 6.45) is 3.97. The Morgan fingerprint density at radius 1 is 1.62 bits per heavy atom. The first-order valence-electron chi connectivity index (χ1n) is 5.77. The predicted octanol–water partition coefficient (Wildman–Crippen LogP) is 2.23. The molecule has 0 bridgehead atoms. The third-order valence-electron chi connectivity index (χ3n) is 2.86. The summed E-state index contributed by atoms with van der Waals surface area (Å²) in [5.41, 5.74) is 0.900. The quantitative estimate of drug-likeness (QED) is 0.736. The van der Waals surface area contributed by atoms with Gasteiger partial charge < -0.3 is 9.64 Å². The maximum Gasteiger partial charge on any atom is 0.214 e. The number of hydrogen-bond acceptors (Lipinski definition) is 3. The van der Waals surface area contributed by atoms with Crippen LogP contribution in [0.1, 0.15) is 19.8 Å². The molecule has 0 aromatic carbocycles. The van der Waals surface area contributed by atoms with Crippen molar-refractivity contribution in [1.29, 1.82) is 0 Å². The largest absolute Gasteiger partial charge is 0.377 e. The summed E-state index contributed by atoms with van der Waals surface area (Å²) in [7, 11) is 0. The van der Waals surface area contributed by atoms with E-state index in [2.05, 4.69) is 9.88 Å². The lowest BCUT2D eigenvalue weighted by Crippen LogP contribution is -2.39. The first kappa shape index (κ1) is 11.3. The zero-order chi connectivity index (χ0) is 11.4. The molecule has 1 aromatic rings. The molecule has 0 amide bonds. The summed E-state index contributed by atoms with van der Waals surface area (Å²) >= 11 is 0. The summed E-state index contributed by atoms with van der Waals surface area (Å²) in [4.78, 5) is 5.73. The Balaban J connectivity index is 2.03. The molecule has 0 N–H and O–H groups in total. The summed E-state index contributed by atoms with van der Waals surface area (Å²) in [5, 5.41) is 0. The van der Waals surface area contributed by atoms with Crippen molar-refractivity contribution in [3.8, 4) is 0 Å². The van der Waals surface area contributed by atoms with Crippen molar-refractivity contribution < 1.29 is 9.13 Å². The van der Waals surface area contributed by atoms with Gasteiger partial charge in [0.2, 0.25) is 5.95 Å². The van der Waals surface area contributed by atoms with E-state index >= 15 is 0 Å². The van der Waals surface area contributed by atoms with E-state index in [1.54, 1.807) is 0 Å². The lowest BCUT2D eigenvalue weighted by atomic mass is 10.1. The van der Waals surface area contributed by atoms with E-state index in [1.807, 2.05) is 13.0 Å². The number of halogens is 1. The summed E-state index contributed by atoms with van der Waals surface area (Å²) in [6, 6.07) is 3.33. The van der Waals surface area contributed by atoms with Gasteiger partial charge in [0.05, 0.1) is 6.10 Å². The Kier molecular flexibility index (Phi) is 3.72. The van der Waals surface area contributed by atoms with Gasteiger partial charge in [-0.15, -0.1) is 0 Å². The van der Waals surface area contributed by atoms with Crippen LogP contribution in [0.25, 0.3) is 0 Å². The SMILES string of the molecule is CCOC1CCCN(c2ccnc(F)c2)C1. The Hall–Kier alpha value is -1.16. The Morgan fingerprint density at radius 3 is 3.25 bits per heavy atom. The second-order valence-corrected chi connectivity index (χ2v) is 4.00. The molecule has 1 aromatic heterocycles. The number of nitrogens with zero attached hydrogens (tertiary/aromatic N) is 2. The predicted molar refractivity (Wildman–Crippen MR) is 61.1 cm³/mol. The molecular weight excluding hydrogens is 207 g/mol. The molecule has 1 aliphatic rings. The first-order chi connectivity index (χ1) is 7.79. The van der Waals surface area contributed by atoms with Crippen molar-refractivity contribution >= 4 is 5.69 Å². The van der Waals surface area contributed by atoms with Gasteiger partial charge in [-0.3, -0.25) is 0 Å². The van der Waals surface area contributed by atoms with Gasteiger partial charge in [-0.1, -0.05) is 0 Å². The van der Waals surface area contributed by atoms with Crippen LogP contribution < -0.4 is 4.90 Å². The highest BCUT2D eigenvalue weighted by Crippen LogP contribution is 2.21. The number of anilines is 1. The normalized spacial score (nSPS) is 21.1. The van der Waals surface area contributed by atoms with Gasteiger partial charge in [-0.05, 0) is 25.8 Å². The van der Waals surface area contributed by atoms with Gasteiger partial charge in [0.25, 0.3) is 0 Å². The number of piperidine rings is 1. The van der Waals surface area contributed by atoms with E-state index in [9.17, 15) is 4.39 Å². The molecule has 0 spiro atoms. The van der Waals surface area contributed by atoms with Gasteiger partial charge >= 0.3 is 0 Å². The highest BCUT2D eigenvalue weighted by atomic mass is 19.1. The second kappa shape index (κ2) is 5.25. The molecule has 1 fully saturated rings. The van der Waals surface area contributed by atoms with E-state index < -0.39 is 5.95 Å². The molecule has 0 aliphatic carbocycles. The van der Waals surface area contributed by atoms with E-state index in [4.69, 9.17) is 4.74 Å². The molecule has 0 radical (unpaired) electrons. The zero-order valence-electron chi connectivity index (χ0n) is 9.53. The van der Waals surface area contributed by atoms with Gasteiger partial charge in [0.1, 0.15) is 0 Å². The monoisotopic (exact) mass is 224 g/mol. The van der Waals surface area contributed by atoms with Gasteiger partial charge in [-0.25, -0.2) is 4.98 Å². The van der Waals surface area contributed by atoms with Crippen LogP contribution in [0, 0.1) is 5.95 Å². The van der Waals surface area contributed by atoms with Crippen LogP contribution in [0.15, 0.2) is 18.3 Å². The summed E-state index contributed by atoms with van der Waals surface area (Å²) < 4.78 is 18.6. The van der Waals surface area contributed by atoms with Crippen LogP contribution >= 0.6 is 0 Å². The summed E-state index contributed by atoms with van der Waals surface area (Å²) in [5.74, 6) is -0.420. The minimum atomic E-state index is -0.420. The van der Waals surface area contributed by atoms with E-state index in [1.165, 1.54) is 12.3 Å². The number of rotatable bonds is 3.